The molecule has 0 aliphatic rings. The molecule has 0 unspecified atom stereocenters. The number of nitrogens with zero attached hydrogens (tertiary/aromatic N) is 5. The number of amides is 1. The Bertz CT molecular complexity index is 523. The molecule has 2 aromatic heterocycles. The molecule has 1 amide bonds. The molecule has 7 nitrogen and oxygen atoms in total. The Morgan fingerprint density at radius 3 is 2.88 bits per heavy atom. The van der Waals surface area contributed by atoms with Crippen LogP contribution in [0.5, 0.6) is 0 Å². The van der Waals surface area contributed by atoms with Crippen molar-refractivity contribution in [1.82, 2.24) is 30.3 Å². The number of aryl methyl sites for hydroxylation is 1. The largest absolute Gasteiger partial charge is 0.343 e. The standard InChI is InChI=1S/C9H9ClN6O/c1-16-5-12-8(15-16)4-11-9(17)6-2-3-7(10)14-13-6/h2-3,5H,4H2,1H3,(H,11,17). The van der Waals surface area contributed by atoms with E-state index in [0.717, 1.165) is 0 Å². The van der Waals surface area contributed by atoms with Crippen molar-refractivity contribution in [3.05, 3.63) is 35.1 Å². The SMILES string of the molecule is Cn1cnc(CNC(=O)c2ccc(Cl)nn2)n1. The van der Waals surface area contributed by atoms with E-state index in [1.165, 1.54) is 12.1 Å². The van der Waals surface area contributed by atoms with Gasteiger partial charge in [-0.05, 0) is 12.1 Å². The summed E-state index contributed by atoms with van der Waals surface area (Å²) in [4.78, 5) is 15.6. The molecule has 8 heteroatoms. The molecule has 1 N–H and O–H groups in total. The monoisotopic (exact) mass is 252 g/mol. The predicted molar refractivity (Wildman–Crippen MR) is 59.2 cm³/mol. The van der Waals surface area contributed by atoms with E-state index in [1.807, 2.05) is 0 Å². The molecule has 0 saturated heterocycles. The summed E-state index contributed by atoms with van der Waals surface area (Å²) in [5.74, 6) is 0.185. The Morgan fingerprint density at radius 2 is 2.29 bits per heavy atom. The molecule has 0 bridgehead atoms. The van der Waals surface area contributed by atoms with Gasteiger partial charge in [-0.3, -0.25) is 9.48 Å². The molecule has 0 aromatic carbocycles. The summed E-state index contributed by atoms with van der Waals surface area (Å²) >= 11 is 5.56. The molecular formula is C9H9ClN6O. The summed E-state index contributed by atoms with van der Waals surface area (Å²) in [6.45, 7) is 0.240. The van der Waals surface area contributed by atoms with Crippen LogP contribution < -0.4 is 5.32 Å². The number of hydrogen-bond donors (Lipinski definition) is 1. The first kappa shape index (κ1) is 11.5. The lowest BCUT2D eigenvalue weighted by Crippen LogP contribution is -2.24. The Hall–Kier alpha value is -2.02. The zero-order valence-corrected chi connectivity index (χ0v) is 9.72. The van der Waals surface area contributed by atoms with E-state index in [2.05, 4.69) is 25.6 Å². The highest BCUT2D eigenvalue weighted by Gasteiger charge is 2.08. The molecule has 88 valence electrons. The average molecular weight is 253 g/mol. The summed E-state index contributed by atoms with van der Waals surface area (Å²) in [5.41, 5.74) is 0.199. The lowest BCUT2D eigenvalue weighted by molar-refractivity contribution is 0.0944. The first-order valence-corrected chi connectivity index (χ1v) is 5.15. The minimum atomic E-state index is -0.346. The Morgan fingerprint density at radius 1 is 1.47 bits per heavy atom. The molecule has 0 atom stereocenters. The first-order chi connectivity index (χ1) is 8.15. The Balaban J connectivity index is 1.95. The normalized spacial score (nSPS) is 10.2. The summed E-state index contributed by atoms with van der Waals surface area (Å²) in [6.07, 6.45) is 1.56. The lowest BCUT2D eigenvalue weighted by Gasteiger charge is -2.00. The van der Waals surface area contributed by atoms with Gasteiger partial charge in [-0.15, -0.1) is 10.2 Å². The van der Waals surface area contributed by atoms with E-state index in [0.29, 0.717) is 5.82 Å². The maximum Gasteiger partial charge on any atom is 0.272 e. The first-order valence-electron chi connectivity index (χ1n) is 4.77. The smallest absolute Gasteiger partial charge is 0.272 e. The number of rotatable bonds is 3. The summed E-state index contributed by atoms with van der Waals surface area (Å²) in [6, 6.07) is 3.00. The fourth-order valence-electron chi connectivity index (χ4n) is 1.15. The van der Waals surface area contributed by atoms with Crippen molar-refractivity contribution in [2.75, 3.05) is 0 Å². The number of nitrogens with one attached hydrogen (secondary N) is 1. The van der Waals surface area contributed by atoms with E-state index >= 15 is 0 Å². The van der Waals surface area contributed by atoms with Gasteiger partial charge in [0.1, 0.15) is 6.33 Å². The Kier molecular flexibility index (Phi) is 3.29. The molecule has 0 radical (unpaired) electrons. The maximum atomic E-state index is 11.6. The van der Waals surface area contributed by atoms with E-state index in [1.54, 1.807) is 18.1 Å². The highest BCUT2D eigenvalue weighted by Crippen LogP contribution is 2.02. The fourth-order valence-corrected chi connectivity index (χ4v) is 1.25. The van der Waals surface area contributed by atoms with Crippen LogP contribution in [0.25, 0.3) is 0 Å². The van der Waals surface area contributed by atoms with E-state index in [4.69, 9.17) is 11.6 Å². The zero-order valence-electron chi connectivity index (χ0n) is 8.96. The quantitative estimate of drug-likeness (QED) is 0.843. The number of hydrogen-bond acceptors (Lipinski definition) is 5. The zero-order chi connectivity index (χ0) is 12.3. The van der Waals surface area contributed by atoms with Gasteiger partial charge in [-0.25, -0.2) is 4.98 Å². The number of aromatic nitrogens is 5. The third-order valence-corrected chi connectivity index (χ3v) is 2.12. The van der Waals surface area contributed by atoms with Crippen LogP contribution in [0.3, 0.4) is 0 Å². The van der Waals surface area contributed by atoms with Crippen LogP contribution in [0.4, 0.5) is 0 Å². The molecule has 0 spiro atoms. The maximum absolute atomic E-state index is 11.6. The summed E-state index contributed by atoms with van der Waals surface area (Å²) < 4.78 is 1.56. The second-order valence-electron chi connectivity index (χ2n) is 3.26. The lowest BCUT2D eigenvalue weighted by atomic mass is 10.3. The molecule has 2 aromatic rings. The van der Waals surface area contributed by atoms with Gasteiger partial charge in [0.15, 0.2) is 16.7 Å². The van der Waals surface area contributed by atoms with Crippen LogP contribution in [0, 0.1) is 0 Å². The topological polar surface area (TPSA) is 85.6 Å². The molecule has 0 saturated carbocycles. The van der Waals surface area contributed by atoms with Gasteiger partial charge in [-0.2, -0.15) is 5.10 Å². The minimum Gasteiger partial charge on any atom is -0.343 e. The van der Waals surface area contributed by atoms with Gasteiger partial charge in [0.2, 0.25) is 0 Å². The second kappa shape index (κ2) is 4.88. The minimum absolute atomic E-state index is 0.199. The van der Waals surface area contributed by atoms with Crippen molar-refractivity contribution < 1.29 is 4.79 Å². The number of carbonyl (C=O) groups is 1. The summed E-state index contributed by atoms with van der Waals surface area (Å²) in [7, 11) is 1.75. The van der Waals surface area contributed by atoms with Gasteiger partial charge in [0, 0.05) is 7.05 Å². The van der Waals surface area contributed by atoms with Crippen LogP contribution in [-0.4, -0.2) is 30.9 Å². The average Bonchev–Trinajstić information content (AvgIpc) is 2.73. The molecule has 0 fully saturated rings. The van der Waals surface area contributed by atoms with Crippen LogP contribution in [-0.2, 0) is 13.6 Å². The van der Waals surface area contributed by atoms with Crippen LogP contribution >= 0.6 is 11.6 Å². The third kappa shape index (κ3) is 2.97. The molecule has 2 heterocycles. The van der Waals surface area contributed by atoms with Gasteiger partial charge >= 0.3 is 0 Å². The summed E-state index contributed by atoms with van der Waals surface area (Å²) in [5, 5.41) is 14.1. The van der Waals surface area contributed by atoms with Crippen LogP contribution in [0.15, 0.2) is 18.5 Å². The third-order valence-electron chi connectivity index (χ3n) is 1.92. The molecular weight excluding hydrogens is 244 g/mol. The van der Waals surface area contributed by atoms with Crippen molar-refractivity contribution in [2.24, 2.45) is 7.05 Å². The molecule has 2 rings (SSSR count). The predicted octanol–water partition coefficient (Wildman–Crippen LogP) is 0.188. The fraction of sp³-hybridized carbons (Fsp3) is 0.222. The van der Waals surface area contributed by atoms with Crippen molar-refractivity contribution in [3.63, 3.8) is 0 Å². The van der Waals surface area contributed by atoms with Crippen molar-refractivity contribution in [2.45, 2.75) is 6.54 Å². The van der Waals surface area contributed by atoms with Crippen LogP contribution in [0.2, 0.25) is 5.15 Å². The van der Waals surface area contributed by atoms with E-state index < -0.39 is 0 Å². The Labute approximate surface area is 102 Å². The number of halogens is 1. The van der Waals surface area contributed by atoms with Gasteiger partial charge < -0.3 is 5.32 Å². The van der Waals surface area contributed by atoms with Gasteiger partial charge in [-0.1, -0.05) is 11.6 Å². The second-order valence-corrected chi connectivity index (χ2v) is 3.65. The molecule has 17 heavy (non-hydrogen) atoms. The van der Waals surface area contributed by atoms with E-state index in [-0.39, 0.29) is 23.3 Å². The van der Waals surface area contributed by atoms with E-state index in [9.17, 15) is 4.79 Å². The molecule has 0 aliphatic carbocycles. The highest BCUT2D eigenvalue weighted by molar-refractivity contribution is 6.29. The van der Waals surface area contributed by atoms with Gasteiger partial charge in [0.05, 0.1) is 6.54 Å². The molecule has 0 aliphatic heterocycles. The number of carbonyl (C=O) groups excluding carboxylic acids is 1. The highest BCUT2D eigenvalue weighted by atomic mass is 35.5. The van der Waals surface area contributed by atoms with Crippen LogP contribution in [0.1, 0.15) is 16.3 Å². The van der Waals surface area contributed by atoms with Crippen molar-refractivity contribution >= 4 is 17.5 Å². The van der Waals surface area contributed by atoms with Gasteiger partial charge in [0.25, 0.3) is 5.91 Å². The van der Waals surface area contributed by atoms with Crippen molar-refractivity contribution in [3.8, 4) is 0 Å². The van der Waals surface area contributed by atoms with Crippen molar-refractivity contribution in [1.29, 1.82) is 0 Å².